The van der Waals surface area contributed by atoms with Gasteiger partial charge in [0.05, 0.1) is 10.9 Å². The van der Waals surface area contributed by atoms with Crippen molar-refractivity contribution in [1.29, 1.82) is 0 Å². The van der Waals surface area contributed by atoms with Gasteiger partial charge in [0.2, 0.25) is 16.7 Å². The first-order chi connectivity index (χ1) is 12.9. The van der Waals surface area contributed by atoms with Gasteiger partial charge in [0.25, 0.3) is 0 Å². The van der Waals surface area contributed by atoms with Gasteiger partial charge in [-0.3, -0.25) is 9.69 Å². The van der Waals surface area contributed by atoms with Gasteiger partial charge in [0, 0.05) is 10.9 Å². The zero-order valence-corrected chi connectivity index (χ0v) is 16.4. The number of hydrogen-bond acceptors (Lipinski definition) is 6. The maximum Gasteiger partial charge on any atom is 0.230 e. The third kappa shape index (κ3) is 3.40. The number of likely N-dealkylation sites (tertiary alicyclic amines) is 1. The van der Waals surface area contributed by atoms with Crippen molar-refractivity contribution in [2.75, 3.05) is 13.1 Å². The molecule has 0 bridgehead atoms. The molecule has 1 aromatic carbocycles. The quantitative estimate of drug-likeness (QED) is 0.695. The number of aromatic hydroxyl groups is 1. The predicted molar refractivity (Wildman–Crippen MR) is 104 cm³/mol. The van der Waals surface area contributed by atoms with E-state index in [2.05, 4.69) is 15.0 Å². The highest BCUT2D eigenvalue weighted by Crippen LogP contribution is 2.41. The molecule has 7 nitrogen and oxygen atoms in total. The minimum Gasteiger partial charge on any atom is -0.492 e. The summed E-state index contributed by atoms with van der Waals surface area (Å²) in [5.41, 5.74) is 6.49. The molecule has 1 fully saturated rings. The highest BCUT2D eigenvalue weighted by molar-refractivity contribution is 7.17. The standard InChI is InChI=1S/C18H20ClN5O2S/c1-10-21-18-24(22-10)17(26)15(27-18)14(11-2-4-13(19)5-3-11)23-8-6-12(7-9-23)16(20)25/h2-5,12,14,26H,6-9H2,1H3,(H2,20,25)/t14-/m1/s1. The predicted octanol–water partition coefficient (Wildman–Crippen LogP) is 2.74. The topological polar surface area (TPSA) is 96.8 Å². The van der Waals surface area contributed by atoms with Crippen LogP contribution in [0, 0.1) is 12.8 Å². The molecule has 1 atom stereocenters. The molecule has 1 saturated heterocycles. The lowest BCUT2D eigenvalue weighted by molar-refractivity contribution is -0.123. The summed E-state index contributed by atoms with van der Waals surface area (Å²) >= 11 is 7.49. The zero-order chi connectivity index (χ0) is 19.1. The van der Waals surface area contributed by atoms with Crippen molar-refractivity contribution in [3.05, 3.63) is 45.6 Å². The van der Waals surface area contributed by atoms with Crippen LogP contribution >= 0.6 is 22.9 Å². The molecule has 0 radical (unpaired) electrons. The zero-order valence-electron chi connectivity index (χ0n) is 14.8. The average molecular weight is 406 g/mol. The van der Waals surface area contributed by atoms with Crippen LogP contribution in [0.25, 0.3) is 4.96 Å². The molecule has 27 heavy (non-hydrogen) atoms. The largest absolute Gasteiger partial charge is 0.492 e. The third-order valence-corrected chi connectivity index (χ3v) is 6.36. The van der Waals surface area contributed by atoms with E-state index in [1.807, 2.05) is 24.3 Å². The number of rotatable bonds is 4. The molecular weight excluding hydrogens is 386 g/mol. The lowest BCUT2D eigenvalue weighted by Gasteiger charge is -2.36. The number of amides is 1. The second-order valence-electron chi connectivity index (χ2n) is 6.81. The van der Waals surface area contributed by atoms with E-state index < -0.39 is 0 Å². The molecule has 1 aliphatic rings. The first-order valence-electron chi connectivity index (χ1n) is 8.78. The number of halogens is 1. The van der Waals surface area contributed by atoms with Gasteiger partial charge >= 0.3 is 0 Å². The number of hydrogen-bond donors (Lipinski definition) is 2. The van der Waals surface area contributed by atoms with E-state index in [4.69, 9.17) is 17.3 Å². The Morgan fingerprint density at radius 1 is 1.33 bits per heavy atom. The second-order valence-corrected chi connectivity index (χ2v) is 8.26. The Morgan fingerprint density at radius 3 is 2.59 bits per heavy atom. The summed E-state index contributed by atoms with van der Waals surface area (Å²) in [4.78, 5) is 19.6. The number of nitrogens with zero attached hydrogens (tertiary/aromatic N) is 4. The van der Waals surface area contributed by atoms with Crippen molar-refractivity contribution < 1.29 is 9.90 Å². The minimum absolute atomic E-state index is 0.0920. The van der Waals surface area contributed by atoms with Gasteiger partial charge in [-0.15, -0.1) is 5.10 Å². The number of nitrogens with two attached hydrogens (primary N) is 1. The second kappa shape index (κ2) is 7.10. The summed E-state index contributed by atoms with van der Waals surface area (Å²) in [7, 11) is 0. The van der Waals surface area contributed by atoms with Gasteiger partial charge in [0.15, 0.2) is 0 Å². The van der Waals surface area contributed by atoms with Crippen molar-refractivity contribution >= 4 is 33.8 Å². The monoisotopic (exact) mass is 405 g/mol. The maximum absolute atomic E-state index is 11.5. The number of carbonyl (C=O) groups excluding carboxylic acids is 1. The third-order valence-electron chi connectivity index (χ3n) is 5.04. The fourth-order valence-corrected chi connectivity index (χ4v) is 4.93. The van der Waals surface area contributed by atoms with Crippen molar-refractivity contribution in [2.24, 2.45) is 11.7 Å². The average Bonchev–Trinajstić information content (AvgIpc) is 3.15. The van der Waals surface area contributed by atoms with Crippen molar-refractivity contribution in [2.45, 2.75) is 25.8 Å². The van der Waals surface area contributed by atoms with E-state index in [0.717, 1.165) is 10.4 Å². The molecule has 1 amide bonds. The van der Waals surface area contributed by atoms with Crippen LogP contribution in [0.3, 0.4) is 0 Å². The normalized spacial score (nSPS) is 17.4. The Morgan fingerprint density at radius 2 is 2.00 bits per heavy atom. The number of primary amides is 1. The fraction of sp³-hybridized carbons (Fsp3) is 0.389. The molecule has 3 aromatic rings. The fourth-order valence-electron chi connectivity index (χ4n) is 3.64. The van der Waals surface area contributed by atoms with Crippen molar-refractivity contribution in [1.82, 2.24) is 19.5 Å². The summed E-state index contributed by atoms with van der Waals surface area (Å²) in [6, 6.07) is 7.46. The molecule has 9 heteroatoms. The smallest absolute Gasteiger partial charge is 0.230 e. The van der Waals surface area contributed by atoms with Gasteiger partial charge in [0.1, 0.15) is 5.82 Å². The van der Waals surface area contributed by atoms with Crippen LogP contribution in [0.1, 0.15) is 35.1 Å². The van der Waals surface area contributed by atoms with Crippen LogP contribution < -0.4 is 5.73 Å². The Balaban J connectivity index is 1.74. The SMILES string of the molecule is Cc1nc2sc([C@@H](c3ccc(Cl)cc3)N3CCC(C(N)=O)CC3)c(O)n2n1. The van der Waals surface area contributed by atoms with Crippen LogP contribution in [0.2, 0.25) is 5.02 Å². The van der Waals surface area contributed by atoms with Gasteiger partial charge in [-0.2, -0.15) is 4.52 Å². The highest BCUT2D eigenvalue weighted by Gasteiger charge is 2.33. The summed E-state index contributed by atoms with van der Waals surface area (Å²) in [5, 5.41) is 15.7. The van der Waals surface area contributed by atoms with E-state index in [1.165, 1.54) is 15.9 Å². The van der Waals surface area contributed by atoms with Gasteiger partial charge in [-0.25, -0.2) is 4.98 Å². The first-order valence-corrected chi connectivity index (χ1v) is 9.97. The number of thiazole rings is 1. The van der Waals surface area contributed by atoms with E-state index in [9.17, 15) is 9.90 Å². The van der Waals surface area contributed by atoms with Gasteiger partial charge in [-0.05, 0) is 50.6 Å². The summed E-state index contributed by atoms with van der Waals surface area (Å²) < 4.78 is 1.48. The van der Waals surface area contributed by atoms with E-state index in [0.29, 0.717) is 41.7 Å². The molecule has 2 aromatic heterocycles. The van der Waals surface area contributed by atoms with Crippen LogP contribution in [-0.2, 0) is 4.79 Å². The van der Waals surface area contributed by atoms with Crippen LogP contribution in [-0.4, -0.2) is 43.6 Å². The number of carbonyl (C=O) groups is 1. The molecular formula is C18H20ClN5O2S. The molecule has 0 aliphatic carbocycles. The summed E-state index contributed by atoms with van der Waals surface area (Å²) in [6.07, 6.45) is 1.42. The maximum atomic E-state index is 11.5. The minimum atomic E-state index is -0.241. The van der Waals surface area contributed by atoms with Gasteiger partial charge < -0.3 is 10.8 Å². The van der Waals surface area contributed by atoms with Gasteiger partial charge in [-0.1, -0.05) is 35.1 Å². The Kier molecular flexibility index (Phi) is 4.79. The lowest BCUT2D eigenvalue weighted by Crippen LogP contribution is -2.40. The Labute approximate surface area is 165 Å². The van der Waals surface area contributed by atoms with Crippen LogP contribution in [0.15, 0.2) is 24.3 Å². The molecule has 0 spiro atoms. The number of piperidine rings is 1. The van der Waals surface area contributed by atoms with E-state index in [1.54, 1.807) is 6.92 Å². The number of benzene rings is 1. The van der Waals surface area contributed by atoms with E-state index in [-0.39, 0.29) is 23.7 Å². The van der Waals surface area contributed by atoms with Crippen LogP contribution in [0.5, 0.6) is 5.88 Å². The molecule has 3 N–H and O–H groups in total. The highest BCUT2D eigenvalue weighted by atomic mass is 35.5. The molecule has 142 valence electrons. The lowest BCUT2D eigenvalue weighted by atomic mass is 9.93. The Hall–Kier alpha value is -2.16. The van der Waals surface area contributed by atoms with E-state index >= 15 is 0 Å². The Bertz CT molecular complexity index is 976. The molecule has 0 saturated carbocycles. The molecule has 4 rings (SSSR count). The molecule has 1 aliphatic heterocycles. The van der Waals surface area contributed by atoms with Crippen LogP contribution in [0.4, 0.5) is 0 Å². The van der Waals surface area contributed by atoms with Crippen molar-refractivity contribution in [3.63, 3.8) is 0 Å². The molecule has 3 heterocycles. The first kappa shape index (κ1) is 18.2. The number of aryl methyl sites for hydroxylation is 1. The number of fused-ring (bicyclic) bond motifs is 1. The molecule has 0 unspecified atom stereocenters. The summed E-state index contributed by atoms with van der Waals surface area (Å²) in [6.45, 7) is 3.23. The number of aromatic nitrogens is 3. The summed E-state index contributed by atoms with van der Waals surface area (Å²) in [5.74, 6) is 0.390. The van der Waals surface area contributed by atoms with Crippen molar-refractivity contribution in [3.8, 4) is 5.88 Å².